The number of rotatable bonds is 38. The molecule has 0 amide bonds. The van der Waals surface area contributed by atoms with Crippen molar-refractivity contribution in [1.29, 1.82) is 0 Å². The monoisotopic (exact) mass is 736 g/mol. The number of carboxylic acid groups (broad SMARTS) is 1. The van der Waals surface area contributed by atoms with E-state index in [2.05, 4.69) is 38.2 Å². The third-order valence-electron chi connectivity index (χ3n) is 9.56. The topological polar surface area (TPSA) is 102 Å². The Bertz CT molecular complexity index is 911. The predicted octanol–water partition coefficient (Wildman–Crippen LogP) is 9.97. The number of likely N-dealkylation sites (N-methyl/N-ethyl adjacent to an activating group) is 1. The van der Waals surface area contributed by atoms with Crippen LogP contribution in [-0.2, 0) is 28.6 Å². The highest BCUT2D eigenvalue weighted by atomic mass is 16.6. The van der Waals surface area contributed by atoms with Crippen LogP contribution < -0.4 is 5.11 Å². The smallest absolute Gasteiger partial charge is 0.306 e. The highest BCUT2D eigenvalue weighted by molar-refractivity contribution is 5.70. The molecule has 0 aliphatic carbocycles. The maximum atomic E-state index is 12.7. The lowest BCUT2D eigenvalue weighted by Crippen LogP contribution is -2.55. The van der Waals surface area contributed by atoms with Crippen molar-refractivity contribution < 1.29 is 38.2 Å². The minimum absolute atomic E-state index is 0.0372. The third kappa shape index (κ3) is 33.6. The summed E-state index contributed by atoms with van der Waals surface area (Å²) in [5, 5.41) is 11.6. The number of aliphatic carboxylic acids is 1. The Kier molecular flexibility index (Phi) is 34.3. The first-order chi connectivity index (χ1) is 25.1. The number of ether oxygens (including phenoxy) is 3. The van der Waals surface area contributed by atoms with Crippen LogP contribution in [0.1, 0.15) is 187 Å². The molecule has 0 aromatic carbocycles. The summed E-state index contributed by atoms with van der Waals surface area (Å²) in [5.41, 5.74) is 0. The van der Waals surface area contributed by atoms with E-state index >= 15 is 0 Å². The van der Waals surface area contributed by atoms with Crippen LogP contribution in [0.5, 0.6) is 0 Å². The van der Waals surface area contributed by atoms with Gasteiger partial charge in [0, 0.05) is 19.3 Å². The van der Waals surface area contributed by atoms with Crippen molar-refractivity contribution in [3.8, 4) is 0 Å². The van der Waals surface area contributed by atoms with Gasteiger partial charge in [-0.3, -0.25) is 9.59 Å². The zero-order valence-electron chi connectivity index (χ0n) is 34.5. The van der Waals surface area contributed by atoms with Crippen molar-refractivity contribution in [3.05, 3.63) is 24.3 Å². The average Bonchev–Trinajstić information content (AvgIpc) is 3.09. The molecule has 0 N–H and O–H groups in total. The maximum Gasteiger partial charge on any atom is 0.306 e. The maximum absolute atomic E-state index is 12.7. The van der Waals surface area contributed by atoms with Gasteiger partial charge >= 0.3 is 11.9 Å². The van der Waals surface area contributed by atoms with Gasteiger partial charge in [-0.05, 0) is 64.2 Å². The Morgan fingerprint density at radius 3 is 1.40 bits per heavy atom. The molecule has 52 heavy (non-hydrogen) atoms. The van der Waals surface area contributed by atoms with Crippen LogP contribution in [0.25, 0.3) is 0 Å². The fourth-order valence-corrected chi connectivity index (χ4v) is 6.18. The Hall–Kier alpha value is -2.19. The lowest BCUT2D eigenvalue weighted by atomic mass is 10.1. The second kappa shape index (κ2) is 35.8. The molecule has 2 atom stereocenters. The summed E-state index contributed by atoms with van der Waals surface area (Å²) >= 11 is 0. The fourth-order valence-electron chi connectivity index (χ4n) is 6.18. The first kappa shape index (κ1) is 49.8. The molecule has 8 heteroatoms. The second-order valence-electron chi connectivity index (χ2n) is 15.6. The van der Waals surface area contributed by atoms with Crippen LogP contribution in [0.3, 0.4) is 0 Å². The van der Waals surface area contributed by atoms with E-state index in [-0.39, 0.29) is 42.7 Å². The number of hydrogen-bond donors (Lipinski definition) is 0. The molecule has 2 unspecified atom stereocenters. The van der Waals surface area contributed by atoms with Crippen LogP contribution in [0.2, 0.25) is 0 Å². The van der Waals surface area contributed by atoms with E-state index < -0.39 is 18.1 Å². The van der Waals surface area contributed by atoms with E-state index in [0.29, 0.717) is 12.8 Å². The molecule has 0 rings (SSSR count). The molecule has 0 aromatic heterocycles. The first-order valence-corrected chi connectivity index (χ1v) is 21.4. The molecule has 0 saturated heterocycles. The Morgan fingerprint density at radius 1 is 0.558 bits per heavy atom. The van der Waals surface area contributed by atoms with Crippen molar-refractivity contribution in [1.82, 2.24) is 0 Å². The highest BCUT2D eigenvalue weighted by Gasteiger charge is 2.25. The van der Waals surface area contributed by atoms with E-state index in [1.807, 2.05) is 0 Å². The zero-order chi connectivity index (χ0) is 38.5. The Balaban J connectivity index is 4.39. The molecule has 0 bridgehead atoms. The highest BCUT2D eigenvalue weighted by Crippen LogP contribution is 2.13. The Labute approximate surface area is 320 Å². The molecule has 0 spiro atoms. The van der Waals surface area contributed by atoms with Crippen LogP contribution in [0.15, 0.2) is 24.3 Å². The number of esters is 2. The summed E-state index contributed by atoms with van der Waals surface area (Å²) in [7, 11) is 5.40. The summed E-state index contributed by atoms with van der Waals surface area (Å²) < 4.78 is 17.1. The number of carboxylic acids is 1. The molecule has 0 radical (unpaired) electrons. The SMILES string of the molecule is CCCCCC/C=C\CCCCCCCC(=O)OCC(COCCC(C(=O)[O-])[N+](C)(C)C)OC(=O)CCCCCCC/C=C\CCCCCCCC. The fraction of sp³-hybridized carbons (Fsp3) is 0.841. The van der Waals surface area contributed by atoms with Crippen molar-refractivity contribution in [2.75, 3.05) is 41.0 Å². The van der Waals surface area contributed by atoms with Gasteiger partial charge in [0.2, 0.25) is 0 Å². The minimum Gasteiger partial charge on any atom is -0.544 e. The van der Waals surface area contributed by atoms with Crippen LogP contribution in [-0.4, -0.2) is 75.5 Å². The van der Waals surface area contributed by atoms with Gasteiger partial charge in [0.15, 0.2) is 6.10 Å². The van der Waals surface area contributed by atoms with E-state index in [0.717, 1.165) is 64.2 Å². The molecule has 8 nitrogen and oxygen atoms in total. The molecule has 0 heterocycles. The molecule has 0 aliphatic rings. The Morgan fingerprint density at radius 2 is 0.962 bits per heavy atom. The largest absolute Gasteiger partial charge is 0.544 e. The van der Waals surface area contributed by atoms with Gasteiger partial charge in [0.25, 0.3) is 0 Å². The summed E-state index contributed by atoms with van der Waals surface area (Å²) in [5.74, 6) is -1.75. The summed E-state index contributed by atoms with van der Waals surface area (Å²) in [4.78, 5) is 36.8. The summed E-state index contributed by atoms with van der Waals surface area (Å²) in [6.45, 7) is 4.62. The van der Waals surface area contributed by atoms with Gasteiger partial charge in [-0.25, -0.2) is 0 Å². The number of nitrogens with zero attached hydrogens (tertiary/aromatic N) is 1. The van der Waals surface area contributed by atoms with E-state index in [1.165, 1.54) is 89.9 Å². The predicted molar refractivity (Wildman–Crippen MR) is 213 cm³/mol. The standard InChI is InChI=1S/C44H81NO7/c1-6-8-10-12-14-16-18-20-21-23-25-27-29-31-33-35-43(47)52-40(38-50-37-36-41(44(48)49)45(3,4)5)39-51-42(46)34-32-30-28-26-24-22-19-17-15-13-11-9-7-2/h17,19-21,40-41H,6-16,18,22-39H2,1-5H3/b19-17-,21-20-. The average molecular weight is 736 g/mol. The number of carbonyl (C=O) groups is 3. The number of quaternary nitrogens is 1. The van der Waals surface area contributed by atoms with E-state index in [9.17, 15) is 19.5 Å². The van der Waals surface area contributed by atoms with Gasteiger partial charge in [0.05, 0.1) is 40.3 Å². The molecule has 304 valence electrons. The quantitative estimate of drug-likeness (QED) is 0.0269. The number of hydrogen-bond acceptors (Lipinski definition) is 7. The van der Waals surface area contributed by atoms with Crippen molar-refractivity contribution >= 4 is 17.9 Å². The molecule has 0 fully saturated rings. The van der Waals surface area contributed by atoms with E-state index in [1.54, 1.807) is 21.1 Å². The number of allylic oxidation sites excluding steroid dienone is 4. The van der Waals surface area contributed by atoms with Crippen LogP contribution in [0.4, 0.5) is 0 Å². The van der Waals surface area contributed by atoms with Gasteiger partial charge in [-0.15, -0.1) is 0 Å². The van der Waals surface area contributed by atoms with Crippen molar-refractivity contribution in [3.63, 3.8) is 0 Å². The van der Waals surface area contributed by atoms with Crippen LogP contribution >= 0.6 is 0 Å². The zero-order valence-corrected chi connectivity index (χ0v) is 34.5. The molecule has 0 aliphatic heterocycles. The third-order valence-corrected chi connectivity index (χ3v) is 9.56. The number of carbonyl (C=O) groups excluding carboxylic acids is 3. The van der Waals surface area contributed by atoms with Gasteiger partial charge in [-0.1, -0.05) is 128 Å². The van der Waals surface area contributed by atoms with Gasteiger partial charge < -0.3 is 28.6 Å². The normalized spacial score (nSPS) is 13.2. The second-order valence-corrected chi connectivity index (χ2v) is 15.6. The lowest BCUT2D eigenvalue weighted by molar-refractivity contribution is -0.889. The van der Waals surface area contributed by atoms with E-state index in [4.69, 9.17) is 14.2 Å². The molecule has 0 saturated carbocycles. The van der Waals surface area contributed by atoms with Gasteiger partial charge in [0.1, 0.15) is 12.6 Å². The summed E-state index contributed by atoms with van der Waals surface area (Å²) in [6, 6.07) is -0.725. The lowest BCUT2D eigenvalue weighted by Gasteiger charge is -2.34. The van der Waals surface area contributed by atoms with Crippen molar-refractivity contribution in [2.45, 2.75) is 199 Å². The van der Waals surface area contributed by atoms with Crippen molar-refractivity contribution in [2.24, 2.45) is 0 Å². The van der Waals surface area contributed by atoms with Crippen LogP contribution in [0, 0.1) is 0 Å². The first-order valence-electron chi connectivity index (χ1n) is 21.4. The minimum atomic E-state index is -1.13. The van der Waals surface area contributed by atoms with Gasteiger partial charge in [-0.2, -0.15) is 0 Å². The number of unbranched alkanes of at least 4 members (excludes halogenated alkanes) is 20. The molecule has 0 aromatic rings. The molecular formula is C44H81NO7. The molecular weight excluding hydrogens is 654 g/mol. The summed E-state index contributed by atoms with van der Waals surface area (Å²) in [6.07, 6.45) is 37.6.